The van der Waals surface area contributed by atoms with Gasteiger partial charge in [0, 0.05) is 27.4 Å². The normalized spacial score (nSPS) is 11.8. The molecule has 1 aliphatic heterocycles. The Kier molecular flexibility index (Phi) is 5.54. The van der Waals surface area contributed by atoms with Gasteiger partial charge in [0.2, 0.25) is 0 Å². The molecule has 0 amide bonds. The summed E-state index contributed by atoms with van der Waals surface area (Å²) in [4.78, 5) is 2.41. The van der Waals surface area contributed by atoms with Crippen LogP contribution in [0.3, 0.4) is 0 Å². The van der Waals surface area contributed by atoms with Crippen molar-refractivity contribution in [1.29, 1.82) is 0 Å². The molecule has 0 atom stereocenters. The molecule has 0 unspecified atom stereocenters. The molecule has 0 radical (unpaired) electrons. The van der Waals surface area contributed by atoms with Crippen LogP contribution < -0.4 is 9.64 Å². The van der Waals surface area contributed by atoms with E-state index in [0.717, 1.165) is 45.3 Å². The van der Waals surface area contributed by atoms with Crippen molar-refractivity contribution in [2.45, 2.75) is 0 Å². The second kappa shape index (κ2) is 9.86. The van der Waals surface area contributed by atoms with Gasteiger partial charge in [0.05, 0.1) is 11.4 Å². The summed E-state index contributed by atoms with van der Waals surface area (Å²) >= 11 is 0. The van der Waals surface area contributed by atoms with E-state index in [2.05, 4.69) is 169 Å². The van der Waals surface area contributed by atoms with Gasteiger partial charge >= 0.3 is 0 Å². The topological polar surface area (TPSA) is 12.5 Å². The Bertz CT molecular complexity index is 2290. The molecule has 8 aromatic rings. The fraction of sp³-hybridized carbons (Fsp3) is 0. The summed E-state index contributed by atoms with van der Waals surface area (Å²) in [5, 5.41) is 7.23. The second-order valence-electron chi connectivity index (χ2n) is 11.4. The van der Waals surface area contributed by atoms with E-state index in [0.29, 0.717) is 0 Å². The maximum Gasteiger partial charge on any atom is 0.135 e. The van der Waals surface area contributed by atoms with E-state index in [-0.39, 0.29) is 0 Å². The summed E-state index contributed by atoms with van der Waals surface area (Å²) in [7, 11) is 0. The third-order valence-corrected chi connectivity index (χ3v) is 8.81. The van der Waals surface area contributed by atoms with Crippen molar-refractivity contribution in [2.75, 3.05) is 4.90 Å². The molecule has 0 spiro atoms. The Balaban J connectivity index is 1.24. The van der Waals surface area contributed by atoms with Crippen LogP contribution in [0.25, 0.3) is 54.6 Å². The maximum absolute atomic E-state index is 6.39. The summed E-state index contributed by atoms with van der Waals surface area (Å²) in [6.07, 6.45) is 0. The first kappa shape index (κ1) is 24.7. The molecule has 0 N–H and O–H groups in total. The number of anilines is 3. The molecule has 9 rings (SSSR count). The molecule has 2 heteroatoms. The predicted octanol–water partition coefficient (Wildman–Crippen LogP) is 12.1. The lowest BCUT2D eigenvalue weighted by atomic mass is 9.92. The molecular weight excluding hydrogens is 534 g/mol. The Morgan fingerprint density at radius 3 is 1.73 bits per heavy atom. The lowest BCUT2D eigenvalue weighted by Crippen LogP contribution is -2.11. The number of hydrogen-bond acceptors (Lipinski definition) is 2. The van der Waals surface area contributed by atoms with Gasteiger partial charge in [-0.2, -0.15) is 0 Å². The van der Waals surface area contributed by atoms with Crippen molar-refractivity contribution in [3.05, 3.63) is 164 Å². The SMILES string of the molecule is c1cc(-c2ccc3c(c2)-c2cccc4cccc(c24)O3)cc(N(c2cccc3ccccc23)c2cccc3ccccc23)c1. The van der Waals surface area contributed by atoms with E-state index < -0.39 is 0 Å². The van der Waals surface area contributed by atoms with Crippen LogP contribution in [0.4, 0.5) is 17.1 Å². The molecule has 0 saturated heterocycles. The molecule has 1 aliphatic rings. The van der Waals surface area contributed by atoms with Crippen molar-refractivity contribution in [3.63, 3.8) is 0 Å². The minimum atomic E-state index is 0.893. The van der Waals surface area contributed by atoms with Gasteiger partial charge in [-0.25, -0.2) is 0 Å². The van der Waals surface area contributed by atoms with Crippen molar-refractivity contribution in [1.82, 2.24) is 0 Å². The number of fused-ring (bicyclic) bond motifs is 4. The van der Waals surface area contributed by atoms with E-state index in [4.69, 9.17) is 4.74 Å². The Morgan fingerprint density at radius 1 is 0.386 bits per heavy atom. The lowest BCUT2D eigenvalue weighted by Gasteiger charge is -2.28. The van der Waals surface area contributed by atoms with Crippen LogP contribution in [-0.2, 0) is 0 Å². The third kappa shape index (κ3) is 3.89. The molecule has 0 aliphatic carbocycles. The quantitative estimate of drug-likeness (QED) is 0.212. The van der Waals surface area contributed by atoms with E-state index in [1.54, 1.807) is 0 Å². The Morgan fingerprint density at radius 2 is 0.977 bits per heavy atom. The summed E-state index contributed by atoms with van der Waals surface area (Å²) in [6, 6.07) is 58.6. The van der Waals surface area contributed by atoms with Gasteiger partial charge in [0.15, 0.2) is 0 Å². The van der Waals surface area contributed by atoms with Gasteiger partial charge in [0.25, 0.3) is 0 Å². The average molecular weight is 562 g/mol. The summed E-state index contributed by atoms with van der Waals surface area (Å²) < 4.78 is 6.39. The van der Waals surface area contributed by atoms with Crippen LogP contribution in [0.1, 0.15) is 0 Å². The van der Waals surface area contributed by atoms with E-state index >= 15 is 0 Å². The maximum atomic E-state index is 6.39. The van der Waals surface area contributed by atoms with Gasteiger partial charge < -0.3 is 9.64 Å². The van der Waals surface area contributed by atoms with Crippen LogP contribution >= 0.6 is 0 Å². The van der Waals surface area contributed by atoms with Crippen LogP contribution in [0.15, 0.2) is 164 Å². The highest BCUT2D eigenvalue weighted by Gasteiger charge is 2.21. The van der Waals surface area contributed by atoms with Crippen molar-refractivity contribution < 1.29 is 4.74 Å². The zero-order valence-electron chi connectivity index (χ0n) is 23.9. The first-order valence-electron chi connectivity index (χ1n) is 15.0. The molecular formula is C42H27NO. The molecule has 0 saturated carbocycles. The van der Waals surface area contributed by atoms with Gasteiger partial charge in [-0.15, -0.1) is 0 Å². The highest BCUT2D eigenvalue weighted by molar-refractivity contribution is 6.06. The molecule has 0 fully saturated rings. The fourth-order valence-corrected chi connectivity index (χ4v) is 6.78. The minimum absolute atomic E-state index is 0.893. The van der Waals surface area contributed by atoms with Crippen LogP contribution in [0, 0.1) is 0 Å². The Hall–Kier alpha value is -5.86. The summed E-state index contributed by atoms with van der Waals surface area (Å²) in [5.41, 5.74) is 8.06. The number of hydrogen-bond donors (Lipinski definition) is 0. The van der Waals surface area contributed by atoms with Crippen molar-refractivity contribution in [3.8, 4) is 33.8 Å². The van der Waals surface area contributed by atoms with E-state index in [1.807, 2.05) is 0 Å². The lowest BCUT2D eigenvalue weighted by molar-refractivity contribution is 0.487. The van der Waals surface area contributed by atoms with Crippen LogP contribution in [0.5, 0.6) is 11.5 Å². The van der Waals surface area contributed by atoms with Crippen molar-refractivity contribution >= 4 is 49.4 Å². The van der Waals surface area contributed by atoms with Crippen LogP contribution in [-0.4, -0.2) is 0 Å². The average Bonchev–Trinajstić information content (AvgIpc) is 3.09. The molecule has 0 bridgehead atoms. The summed E-state index contributed by atoms with van der Waals surface area (Å²) in [5.74, 6) is 1.81. The van der Waals surface area contributed by atoms with Gasteiger partial charge in [-0.3, -0.25) is 0 Å². The number of benzene rings is 8. The monoisotopic (exact) mass is 561 g/mol. The first-order valence-corrected chi connectivity index (χ1v) is 15.0. The summed E-state index contributed by atoms with van der Waals surface area (Å²) in [6.45, 7) is 0. The standard InChI is InChI=1S/C42H27NO/c1-3-18-34-28(10-1)12-7-21-38(34)43(39-22-8-13-29-11-2-4-19-35(29)39)33-17-5-16-31(26-33)32-24-25-40-37(27-32)36-20-6-14-30-15-9-23-41(44-40)42(30)36/h1-27H. The first-order chi connectivity index (χ1) is 21.8. The zero-order valence-corrected chi connectivity index (χ0v) is 23.9. The van der Waals surface area contributed by atoms with Crippen molar-refractivity contribution in [2.24, 2.45) is 0 Å². The highest BCUT2D eigenvalue weighted by Crippen LogP contribution is 2.48. The third-order valence-electron chi connectivity index (χ3n) is 8.81. The zero-order chi connectivity index (χ0) is 29.0. The number of nitrogens with zero attached hydrogens (tertiary/aromatic N) is 1. The second-order valence-corrected chi connectivity index (χ2v) is 11.4. The smallest absolute Gasteiger partial charge is 0.135 e. The van der Waals surface area contributed by atoms with Gasteiger partial charge in [0.1, 0.15) is 11.5 Å². The molecule has 2 nitrogen and oxygen atoms in total. The Labute approximate surface area is 256 Å². The number of ether oxygens (including phenoxy) is 1. The van der Waals surface area contributed by atoms with Crippen LogP contribution in [0.2, 0.25) is 0 Å². The van der Waals surface area contributed by atoms with Gasteiger partial charge in [-0.1, -0.05) is 121 Å². The molecule has 44 heavy (non-hydrogen) atoms. The molecule has 206 valence electrons. The largest absolute Gasteiger partial charge is 0.456 e. The van der Waals surface area contributed by atoms with Gasteiger partial charge in [-0.05, 0) is 75.3 Å². The predicted molar refractivity (Wildman–Crippen MR) is 185 cm³/mol. The molecule has 0 aromatic heterocycles. The molecule has 8 aromatic carbocycles. The van der Waals surface area contributed by atoms with E-state index in [1.165, 1.54) is 37.9 Å². The minimum Gasteiger partial charge on any atom is -0.456 e. The number of rotatable bonds is 4. The highest BCUT2D eigenvalue weighted by atomic mass is 16.5. The fourth-order valence-electron chi connectivity index (χ4n) is 6.78. The van der Waals surface area contributed by atoms with E-state index in [9.17, 15) is 0 Å². The molecule has 1 heterocycles.